The van der Waals surface area contributed by atoms with Crippen LogP contribution in [0.2, 0.25) is 0 Å². The van der Waals surface area contributed by atoms with E-state index >= 15 is 0 Å². The second-order valence-corrected chi connectivity index (χ2v) is 9.57. The first kappa shape index (κ1) is 23.2. The van der Waals surface area contributed by atoms with Crippen LogP contribution < -0.4 is 10.6 Å². The Labute approximate surface area is 188 Å². The fourth-order valence-electron chi connectivity index (χ4n) is 3.07. The van der Waals surface area contributed by atoms with Gasteiger partial charge in [-0.15, -0.1) is 0 Å². The van der Waals surface area contributed by atoms with Gasteiger partial charge in [0.2, 0.25) is 10.0 Å². The summed E-state index contributed by atoms with van der Waals surface area (Å²) in [7, 11) is -0.700. The van der Waals surface area contributed by atoms with E-state index < -0.39 is 15.9 Å². The minimum absolute atomic E-state index is 0.0914. The molecule has 0 saturated heterocycles. The normalized spacial score (nSPS) is 12.2. The van der Waals surface area contributed by atoms with Crippen molar-refractivity contribution in [1.82, 2.24) is 9.62 Å². The summed E-state index contributed by atoms with van der Waals surface area (Å²) in [5, 5.41) is 5.68. The van der Waals surface area contributed by atoms with E-state index in [0.717, 1.165) is 9.87 Å². The number of benzene rings is 3. The summed E-state index contributed by atoms with van der Waals surface area (Å²) in [6, 6.07) is 21.7. The van der Waals surface area contributed by atoms with Gasteiger partial charge < -0.3 is 10.6 Å². The van der Waals surface area contributed by atoms with Gasteiger partial charge in [-0.2, -0.15) is 0 Å². The Hall–Kier alpha value is -3.49. The highest BCUT2D eigenvalue weighted by atomic mass is 32.2. The second-order valence-electron chi connectivity index (χ2n) is 7.42. The van der Waals surface area contributed by atoms with Crippen LogP contribution in [-0.2, 0) is 10.0 Å². The predicted octanol–water partition coefficient (Wildman–Crippen LogP) is 3.68. The number of hydrogen-bond donors (Lipinski definition) is 2. The highest BCUT2D eigenvalue weighted by molar-refractivity contribution is 7.89. The van der Waals surface area contributed by atoms with Crippen LogP contribution in [0.4, 0.5) is 5.69 Å². The first-order valence-electron chi connectivity index (χ1n) is 9.99. The molecule has 32 heavy (non-hydrogen) atoms. The molecule has 0 heterocycles. The summed E-state index contributed by atoms with van der Waals surface area (Å²) in [5.41, 5.74) is 1.93. The Morgan fingerprint density at radius 2 is 1.41 bits per heavy atom. The topological polar surface area (TPSA) is 95.6 Å². The number of nitrogens with one attached hydrogen (secondary N) is 2. The minimum atomic E-state index is -3.58. The molecule has 8 heteroatoms. The van der Waals surface area contributed by atoms with E-state index in [-0.39, 0.29) is 22.4 Å². The summed E-state index contributed by atoms with van der Waals surface area (Å²) in [5.74, 6) is -0.764. The molecule has 1 unspecified atom stereocenters. The van der Waals surface area contributed by atoms with Gasteiger partial charge in [-0.3, -0.25) is 9.59 Å². The summed E-state index contributed by atoms with van der Waals surface area (Å²) in [6.07, 6.45) is 0. The molecule has 2 N–H and O–H groups in total. The molecule has 166 valence electrons. The van der Waals surface area contributed by atoms with E-state index in [1.807, 2.05) is 37.3 Å². The Bertz CT molecular complexity index is 1210. The van der Waals surface area contributed by atoms with Gasteiger partial charge in [-0.1, -0.05) is 42.5 Å². The van der Waals surface area contributed by atoms with Gasteiger partial charge in [-0.25, -0.2) is 12.7 Å². The van der Waals surface area contributed by atoms with Gasteiger partial charge in [0, 0.05) is 19.7 Å². The first-order chi connectivity index (χ1) is 15.2. The zero-order chi connectivity index (χ0) is 23.3. The Morgan fingerprint density at radius 1 is 0.812 bits per heavy atom. The fourth-order valence-corrected chi connectivity index (χ4v) is 3.97. The molecule has 7 nitrogen and oxygen atoms in total. The van der Waals surface area contributed by atoms with E-state index in [1.165, 1.54) is 38.4 Å². The molecule has 0 bridgehead atoms. The average molecular weight is 452 g/mol. The molecule has 3 aromatic carbocycles. The van der Waals surface area contributed by atoms with Crippen LogP contribution >= 0.6 is 0 Å². The highest BCUT2D eigenvalue weighted by Crippen LogP contribution is 2.20. The van der Waals surface area contributed by atoms with Crippen LogP contribution in [0.3, 0.4) is 0 Å². The fraction of sp³-hybridized carbons (Fsp3) is 0.167. The summed E-state index contributed by atoms with van der Waals surface area (Å²) in [6.45, 7) is 1.89. The molecule has 0 aromatic heterocycles. The van der Waals surface area contributed by atoms with Crippen molar-refractivity contribution < 1.29 is 18.0 Å². The van der Waals surface area contributed by atoms with Crippen molar-refractivity contribution in [3.63, 3.8) is 0 Å². The summed E-state index contributed by atoms with van der Waals surface area (Å²) >= 11 is 0. The molecular formula is C24H25N3O4S. The first-order valence-corrected chi connectivity index (χ1v) is 11.4. The number of amides is 2. The van der Waals surface area contributed by atoms with Crippen molar-refractivity contribution in [2.24, 2.45) is 0 Å². The molecule has 0 aliphatic heterocycles. The number of rotatable bonds is 7. The number of para-hydroxylation sites is 1. The van der Waals surface area contributed by atoms with Gasteiger partial charge in [0.05, 0.1) is 22.2 Å². The van der Waals surface area contributed by atoms with Crippen molar-refractivity contribution in [3.8, 4) is 0 Å². The number of carbonyl (C=O) groups excluding carboxylic acids is 2. The smallest absolute Gasteiger partial charge is 0.255 e. The molecule has 3 rings (SSSR count). The van der Waals surface area contributed by atoms with Gasteiger partial charge >= 0.3 is 0 Å². The molecule has 0 saturated carbocycles. The third-order valence-electron chi connectivity index (χ3n) is 4.96. The number of carbonyl (C=O) groups is 2. The maximum Gasteiger partial charge on any atom is 0.255 e. The largest absolute Gasteiger partial charge is 0.345 e. The lowest BCUT2D eigenvalue weighted by molar-refractivity contribution is 0.0940. The lowest BCUT2D eigenvalue weighted by Crippen LogP contribution is -2.28. The maximum atomic E-state index is 12.9. The second kappa shape index (κ2) is 9.76. The Morgan fingerprint density at radius 3 is 2.03 bits per heavy atom. The van der Waals surface area contributed by atoms with Crippen LogP contribution in [0.1, 0.15) is 39.2 Å². The van der Waals surface area contributed by atoms with E-state index in [0.29, 0.717) is 11.3 Å². The van der Waals surface area contributed by atoms with Crippen LogP contribution in [0.15, 0.2) is 83.8 Å². The molecule has 0 radical (unpaired) electrons. The quantitative estimate of drug-likeness (QED) is 0.573. The predicted molar refractivity (Wildman–Crippen MR) is 124 cm³/mol. The number of nitrogens with zero attached hydrogens (tertiary/aromatic N) is 1. The van der Waals surface area contributed by atoms with Crippen molar-refractivity contribution in [2.45, 2.75) is 17.9 Å². The molecule has 0 aliphatic carbocycles. The van der Waals surface area contributed by atoms with E-state index in [9.17, 15) is 18.0 Å². The number of hydrogen-bond acceptors (Lipinski definition) is 4. The molecule has 2 amide bonds. The molecule has 0 fully saturated rings. The van der Waals surface area contributed by atoms with E-state index in [2.05, 4.69) is 10.6 Å². The van der Waals surface area contributed by atoms with Crippen molar-refractivity contribution in [3.05, 3.63) is 95.6 Å². The van der Waals surface area contributed by atoms with Gasteiger partial charge in [0.15, 0.2) is 0 Å². The SMILES string of the molecule is CC(NC(=O)c1ccccc1NC(=O)c1ccc(S(=O)(=O)N(C)C)cc1)c1ccccc1. The molecule has 0 spiro atoms. The third-order valence-corrected chi connectivity index (χ3v) is 6.79. The van der Waals surface area contributed by atoms with Crippen molar-refractivity contribution in [1.29, 1.82) is 0 Å². The van der Waals surface area contributed by atoms with Crippen LogP contribution in [0.25, 0.3) is 0 Å². The average Bonchev–Trinajstić information content (AvgIpc) is 2.79. The van der Waals surface area contributed by atoms with Crippen molar-refractivity contribution in [2.75, 3.05) is 19.4 Å². The summed E-state index contributed by atoms with van der Waals surface area (Å²) in [4.78, 5) is 25.7. The van der Waals surface area contributed by atoms with Gasteiger partial charge in [0.1, 0.15) is 0 Å². The Kier molecular flexibility index (Phi) is 7.07. The lowest BCUT2D eigenvalue weighted by Gasteiger charge is -2.16. The summed E-state index contributed by atoms with van der Waals surface area (Å²) < 4.78 is 25.5. The monoisotopic (exact) mass is 451 g/mol. The van der Waals surface area contributed by atoms with Crippen LogP contribution in [-0.4, -0.2) is 38.6 Å². The molecule has 3 aromatic rings. The van der Waals surface area contributed by atoms with Crippen molar-refractivity contribution >= 4 is 27.5 Å². The van der Waals surface area contributed by atoms with E-state index in [4.69, 9.17) is 0 Å². The van der Waals surface area contributed by atoms with Crippen LogP contribution in [0, 0.1) is 0 Å². The highest BCUT2D eigenvalue weighted by Gasteiger charge is 2.19. The Balaban J connectivity index is 1.76. The maximum absolute atomic E-state index is 12.9. The van der Waals surface area contributed by atoms with Gasteiger partial charge in [-0.05, 0) is 48.9 Å². The van der Waals surface area contributed by atoms with E-state index in [1.54, 1.807) is 24.3 Å². The van der Waals surface area contributed by atoms with Crippen LogP contribution in [0.5, 0.6) is 0 Å². The molecule has 0 aliphatic rings. The molecular weight excluding hydrogens is 426 g/mol. The molecule has 1 atom stereocenters. The zero-order valence-electron chi connectivity index (χ0n) is 18.1. The third kappa shape index (κ3) is 5.22. The minimum Gasteiger partial charge on any atom is -0.345 e. The van der Waals surface area contributed by atoms with Gasteiger partial charge in [0.25, 0.3) is 11.8 Å². The number of sulfonamides is 1. The zero-order valence-corrected chi connectivity index (χ0v) is 18.9. The lowest BCUT2D eigenvalue weighted by atomic mass is 10.1. The standard InChI is InChI=1S/C24H25N3O4S/c1-17(18-9-5-4-6-10-18)25-24(29)21-11-7-8-12-22(21)26-23(28)19-13-15-20(16-14-19)32(30,31)27(2)3/h4-17H,1-3H3,(H,25,29)(H,26,28). The number of anilines is 1.